The van der Waals surface area contributed by atoms with Gasteiger partial charge in [-0.2, -0.15) is 4.98 Å². The number of fused-ring (bicyclic) bond motifs is 1. The first-order valence-corrected chi connectivity index (χ1v) is 8.96. The number of hydrogen-bond donors (Lipinski definition) is 1. The number of pyridine rings is 1. The third kappa shape index (κ3) is 3.17. The number of nitrogen functional groups attached to an aromatic ring is 1. The van der Waals surface area contributed by atoms with E-state index in [9.17, 15) is 0 Å². The van der Waals surface area contributed by atoms with Gasteiger partial charge in [0.2, 0.25) is 5.95 Å². The molecule has 1 aliphatic rings. The number of nitrogens with two attached hydrogens (primary N) is 1. The fraction of sp³-hybridized carbons (Fsp3) is 0.368. The summed E-state index contributed by atoms with van der Waals surface area (Å²) in [5, 5.41) is 0. The van der Waals surface area contributed by atoms with Crippen LogP contribution in [0.25, 0.3) is 22.4 Å². The van der Waals surface area contributed by atoms with Gasteiger partial charge < -0.3 is 19.9 Å². The minimum atomic E-state index is -0.111. The smallest absolute Gasteiger partial charge is 0.228 e. The molecule has 0 radical (unpaired) electrons. The quantitative estimate of drug-likeness (QED) is 0.707. The Hall–Kier alpha value is -3.18. The zero-order valence-electron chi connectivity index (χ0n) is 15.2. The summed E-state index contributed by atoms with van der Waals surface area (Å²) in [6.07, 6.45) is 9.96. The van der Waals surface area contributed by atoms with E-state index in [1.54, 1.807) is 18.6 Å². The fourth-order valence-electron chi connectivity index (χ4n) is 3.18. The number of hydrogen-bond acceptors (Lipinski definition) is 7. The molecule has 0 aromatic carbocycles. The number of rotatable bonds is 4. The zero-order chi connectivity index (χ0) is 18.8. The van der Waals surface area contributed by atoms with Gasteiger partial charge in [-0.15, -0.1) is 6.42 Å². The molecule has 1 saturated heterocycles. The number of ether oxygens (including phenoxy) is 1. The van der Waals surface area contributed by atoms with Crippen LogP contribution in [0.5, 0.6) is 0 Å². The van der Waals surface area contributed by atoms with Gasteiger partial charge >= 0.3 is 0 Å². The van der Waals surface area contributed by atoms with Gasteiger partial charge in [-0.05, 0) is 18.6 Å². The van der Waals surface area contributed by atoms with Crippen LogP contribution in [0.3, 0.4) is 0 Å². The summed E-state index contributed by atoms with van der Waals surface area (Å²) in [7, 11) is 0. The molecule has 1 unspecified atom stereocenters. The maximum atomic E-state index is 5.74. The average molecular weight is 363 g/mol. The Morgan fingerprint density at radius 3 is 2.74 bits per heavy atom. The number of nitrogens with zero attached hydrogens (tertiary/aromatic N) is 6. The van der Waals surface area contributed by atoms with Crippen molar-refractivity contribution in [1.29, 1.82) is 0 Å². The van der Waals surface area contributed by atoms with Crippen molar-refractivity contribution in [3.05, 3.63) is 24.7 Å². The number of morpholine rings is 1. The molecule has 8 nitrogen and oxygen atoms in total. The Labute approximate surface area is 157 Å². The summed E-state index contributed by atoms with van der Waals surface area (Å²) in [5.74, 6) is 3.92. The molecule has 3 aromatic rings. The van der Waals surface area contributed by atoms with E-state index in [2.05, 4.69) is 20.8 Å². The first kappa shape index (κ1) is 17.2. The average Bonchev–Trinajstić information content (AvgIpc) is 3.14. The van der Waals surface area contributed by atoms with Gasteiger partial charge in [-0.1, -0.05) is 12.8 Å². The third-order valence-corrected chi connectivity index (χ3v) is 4.68. The van der Waals surface area contributed by atoms with E-state index in [4.69, 9.17) is 26.9 Å². The maximum absolute atomic E-state index is 5.74. The number of anilines is 2. The summed E-state index contributed by atoms with van der Waals surface area (Å²) in [5.41, 5.74) is 8.72. The van der Waals surface area contributed by atoms with Crippen molar-refractivity contribution in [1.82, 2.24) is 24.5 Å². The minimum Gasteiger partial charge on any atom is -0.384 e. The summed E-state index contributed by atoms with van der Waals surface area (Å²) in [6.45, 7) is 4.84. The van der Waals surface area contributed by atoms with Crippen molar-refractivity contribution in [3.8, 4) is 23.6 Å². The van der Waals surface area contributed by atoms with Crippen LogP contribution in [0, 0.1) is 12.3 Å². The third-order valence-electron chi connectivity index (χ3n) is 4.68. The van der Waals surface area contributed by atoms with Crippen LogP contribution in [-0.4, -0.2) is 50.8 Å². The SMILES string of the molecule is C#CC(CC)n1cnc2c(-c3ccc(N)nc3)nc(N3CCOCC3)nc21. The summed E-state index contributed by atoms with van der Waals surface area (Å²) >= 11 is 0. The number of imidazole rings is 1. The molecule has 0 saturated carbocycles. The molecule has 8 heteroatoms. The number of terminal acetylenes is 1. The Morgan fingerprint density at radius 2 is 2.07 bits per heavy atom. The summed E-state index contributed by atoms with van der Waals surface area (Å²) in [6, 6.07) is 3.54. The lowest BCUT2D eigenvalue weighted by Gasteiger charge is -2.27. The van der Waals surface area contributed by atoms with Crippen molar-refractivity contribution >= 4 is 22.9 Å². The molecule has 0 spiro atoms. The first-order chi connectivity index (χ1) is 13.2. The molecule has 4 rings (SSSR count). The van der Waals surface area contributed by atoms with Crippen molar-refractivity contribution in [2.75, 3.05) is 36.9 Å². The fourth-order valence-corrected chi connectivity index (χ4v) is 3.18. The lowest BCUT2D eigenvalue weighted by atomic mass is 10.2. The molecule has 1 fully saturated rings. The van der Waals surface area contributed by atoms with E-state index in [1.807, 2.05) is 17.6 Å². The van der Waals surface area contributed by atoms with E-state index < -0.39 is 0 Å². The lowest BCUT2D eigenvalue weighted by Crippen LogP contribution is -2.37. The molecule has 0 amide bonds. The molecule has 138 valence electrons. The van der Waals surface area contributed by atoms with Gasteiger partial charge in [-0.25, -0.2) is 15.0 Å². The maximum Gasteiger partial charge on any atom is 0.228 e. The molecule has 3 aromatic heterocycles. The topological polar surface area (TPSA) is 95.0 Å². The largest absolute Gasteiger partial charge is 0.384 e. The second-order valence-corrected chi connectivity index (χ2v) is 6.36. The van der Waals surface area contributed by atoms with Crippen molar-refractivity contribution < 1.29 is 4.74 Å². The second kappa shape index (κ2) is 7.21. The predicted octanol–water partition coefficient (Wildman–Crippen LogP) is 1.89. The molecule has 27 heavy (non-hydrogen) atoms. The first-order valence-electron chi connectivity index (χ1n) is 8.96. The molecule has 1 atom stereocenters. The normalized spacial score (nSPS) is 15.6. The molecule has 0 aliphatic carbocycles. The highest BCUT2D eigenvalue weighted by Gasteiger charge is 2.21. The van der Waals surface area contributed by atoms with Crippen LogP contribution in [-0.2, 0) is 4.74 Å². The zero-order valence-corrected chi connectivity index (χ0v) is 15.2. The van der Waals surface area contributed by atoms with Gasteiger partial charge in [0.1, 0.15) is 17.0 Å². The molecule has 1 aliphatic heterocycles. The highest BCUT2D eigenvalue weighted by Crippen LogP contribution is 2.29. The van der Waals surface area contributed by atoms with Crippen molar-refractivity contribution in [2.45, 2.75) is 19.4 Å². The molecule has 0 bridgehead atoms. The highest BCUT2D eigenvalue weighted by molar-refractivity contribution is 5.88. The van der Waals surface area contributed by atoms with E-state index in [1.165, 1.54) is 0 Å². The Morgan fingerprint density at radius 1 is 1.26 bits per heavy atom. The van der Waals surface area contributed by atoms with Crippen molar-refractivity contribution in [3.63, 3.8) is 0 Å². The van der Waals surface area contributed by atoms with Crippen LogP contribution in [0.1, 0.15) is 19.4 Å². The van der Waals surface area contributed by atoms with E-state index >= 15 is 0 Å². The molecule has 2 N–H and O–H groups in total. The standard InChI is InChI=1S/C19H21N7O/c1-3-14(4-2)26-12-22-17-16(13-5-6-15(20)21-11-13)23-19(24-18(17)26)25-7-9-27-10-8-25/h1,5-6,11-12,14H,4,7-10H2,2H3,(H2,20,21). The Bertz CT molecular complexity index is 984. The van der Waals surface area contributed by atoms with E-state index in [-0.39, 0.29) is 6.04 Å². The number of aromatic nitrogens is 5. The van der Waals surface area contributed by atoms with E-state index in [0.717, 1.165) is 36.4 Å². The molecule has 4 heterocycles. The van der Waals surface area contributed by atoms with Crippen LogP contribution in [0.15, 0.2) is 24.7 Å². The molecular formula is C19H21N7O. The van der Waals surface area contributed by atoms with Gasteiger partial charge in [0.25, 0.3) is 0 Å². The van der Waals surface area contributed by atoms with Crippen LogP contribution < -0.4 is 10.6 Å². The molecular weight excluding hydrogens is 342 g/mol. The van der Waals surface area contributed by atoms with Crippen molar-refractivity contribution in [2.24, 2.45) is 0 Å². The van der Waals surface area contributed by atoms with Crippen LogP contribution in [0.2, 0.25) is 0 Å². The lowest BCUT2D eigenvalue weighted by molar-refractivity contribution is 0.122. The van der Waals surface area contributed by atoms with Gasteiger partial charge in [0.05, 0.1) is 25.6 Å². The summed E-state index contributed by atoms with van der Waals surface area (Å²) < 4.78 is 7.39. The second-order valence-electron chi connectivity index (χ2n) is 6.36. The summed E-state index contributed by atoms with van der Waals surface area (Å²) in [4.78, 5) is 20.5. The Balaban J connectivity index is 1.92. The van der Waals surface area contributed by atoms with Gasteiger partial charge in [0.15, 0.2) is 5.65 Å². The van der Waals surface area contributed by atoms with Gasteiger partial charge in [0, 0.05) is 24.8 Å². The van der Waals surface area contributed by atoms with Crippen LogP contribution in [0.4, 0.5) is 11.8 Å². The van der Waals surface area contributed by atoms with Gasteiger partial charge in [-0.3, -0.25) is 0 Å². The highest BCUT2D eigenvalue weighted by atomic mass is 16.5. The van der Waals surface area contributed by atoms with E-state index in [0.29, 0.717) is 30.5 Å². The monoisotopic (exact) mass is 363 g/mol. The minimum absolute atomic E-state index is 0.111. The predicted molar refractivity (Wildman–Crippen MR) is 104 cm³/mol. The van der Waals surface area contributed by atoms with Crippen LogP contribution >= 0.6 is 0 Å². The Kier molecular flexibility index (Phi) is 4.60.